The maximum absolute atomic E-state index is 13.0. The van der Waals surface area contributed by atoms with E-state index in [4.69, 9.17) is 14.2 Å². The molecule has 0 saturated heterocycles. The van der Waals surface area contributed by atoms with Crippen molar-refractivity contribution in [3.63, 3.8) is 0 Å². The molecule has 148 valence electrons. The Bertz CT molecular complexity index is 1020. The minimum atomic E-state index is -0.696. The first kappa shape index (κ1) is 18.4. The maximum Gasteiger partial charge on any atom is 0.231 e. The number of carbonyl (C=O) groups is 1. The van der Waals surface area contributed by atoms with E-state index >= 15 is 0 Å². The van der Waals surface area contributed by atoms with Gasteiger partial charge in [0.2, 0.25) is 6.79 Å². The number of benzene rings is 2. The van der Waals surface area contributed by atoms with E-state index in [9.17, 15) is 4.79 Å². The number of rotatable bonds is 5. The van der Waals surface area contributed by atoms with Crippen molar-refractivity contribution in [2.75, 3.05) is 12.5 Å². The Morgan fingerprint density at radius 3 is 2.76 bits per heavy atom. The summed E-state index contributed by atoms with van der Waals surface area (Å²) in [6.07, 6.45) is 4.78. The van der Waals surface area contributed by atoms with Crippen molar-refractivity contribution in [1.82, 2.24) is 0 Å². The highest BCUT2D eigenvalue weighted by atomic mass is 32.2. The molecule has 5 rings (SSSR count). The van der Waals surface area contributed by atoms with Crippen LogP contribution in [0.1, 0.15) is 31.7 Å². The van der Waals surface area contributed by atoms with E-state index in [0.29, 0.717) is 5.75 Å². The van der Waals surface area contributed by atoms with Crippen LogP contribution in [0.2, 0.25) is 0 Å². The first-order valence-electron chi connectivity index (χ1n) is 9.89. The molecule has 0 radical (unpaired) electrons. The zero-order valence-electron chi connectivity index (χ0n) is 16.3. The number of allylic oxidation sites excluding steroid dienone is 2. The number of thioether (sulfide) groups is 1. The van der Waals surface area contributed by atoms with Gasteiger partial charge in [0.05, 0.1) is 5.75 Å². The van der Waals surface area contributed by atoms with E-state index in [1.54, 1.807) is 18.7 Å². The van der Waals surface area contributed by atoms with Crippen LogP contribution in [-0.2, 0) is 9.53 Å². The Balaban J connectivity index is 1.61. The van der Waals surface area contributed by atoms with Crippen LogP contribution in [0.3, 0.4) is 0 Å². The molecule has 1 unspecified atom stereocenters. The van der Waals surface area contributed by atoms with Crippen molar-refractivity contribution in [2.24, 2.45) is 5.41 Å². The van der Waals surface area contributed by atoms with Crippen LogP contribution in [0.5, 0.6) is 11.5 Å². The van der Waals surface area contributed by atoms with Gasteiger partial charge < -0.3 is 14.2 Å². The monoisotopic (exact) mass is 406 g/mol. The van der Waals surface area contributed by atoms with E-state index < -0.39 is 5.41 Å². The van der Waals surface area contributed by atoms with Gasteiger partial charge in [-0.15, -0.1) is 11.8 Å². The summed E-state index contributed by atoms with van der Waals surface area (Å²) in [4.78, 5) is 14.2. The molecule has 5 heteroatoms. The highest BCUT2D eigenvalue weighted by Crippen LogP contribution is 2.57. The van der Waals surface area contributed by atoms with E-state index in [1.807, 2.05) is 36.4 Å². The van der Waals surface area contributed by atoms with Gasteiger partial charge in [0.15, 0.2) is 11.5 Å². The number of hydrogen-bond acceptors (Lipinski definition) is 5. The maximum atomic E-state index is 13.0. The highest BCUT2D eigenvalue weighted by molar-refractivity contribution is 7.99. The number of hydrogen-bond donors (Lipinski definition) is 0. The van der Waals surface area contributed by atoms with Gasteiger partial charge in [-0.3, -0.25) is 4.79 Å². The molecule has 4 nitrogen and oxygen atoms in total. The number of carbonyl (C=O) groups excluding carboxylic acids is 1. The standard InChI is InChI=1S/C24H22O4S/c1-16(25)24-12-6-5-9-22(24)28-21(14-29-18-7-3-2-4-8-18)23(24)17-10-11-19-20(13-17)27-15-26-19/h2-4,7-11,13H,5-6,12,14-15H2,1H3. The average Bonchev–Trinajstić information content (AvgIpc) is 3.35. The molecule has 2 aromatic carbocycles. The molecule has 2 aliphatic heterocycles. The fourth-order valence-corrected chi connectivity index (χ4v) is 5.30. The van der Waals surface area contributed by atoms with Crippen LogP contribution in [0.15, 0.2) is 71.0 Å². The lowest BCUT2D eigenvalue weighted by Gasteiger charge is -2.32. The number of ketones is 1. The lowest BCUT2D eigenvalue weighted by molar-refractivity contribution is -0.123. The van der Waals surface area contributed by atoms with Crippen molar-refractivity contribution >= 4 is 23.1 Å². The van der Waals surface area contributed by atoms with Crippen molar-refractivity contribution in [1.29, 1.82) is 0 Å². The molecule has 0 fully saturated rings. The number of fused-ring (bicyclic) bond motifs is 2. The van der Waals surface area contributed by atoms with E-state index in [0.717, 1.165) is 53.4 Å². The van der Waals surface area contributed by atoms with Crippen molar-refractivity contribution in [3.05, 3.63) is 71.7 Å². The molecule has 0 saturated carbocycles. The predicted octanol–water partition coefficient (Wildman–Crippen LogP) is 5.59. The second kappa shape index (κ2) is 7.30. The molecule has 0 spiro atoms. The first-order chi connectivity index (χ1) is 14.2. The van der Waals surface area contributed by atoms with Gasteiger partial charge in [-0.2, -0.15) is 0 Å². The summed E-state index contributed by atoms with van der Waals surface area (Å²) in [6.45, 7) is 1.91. The van der Waals surface area contributed by atoms with Gasteiger partial charge in [-0.05, 0) is 62.1 Å². The van der Waals surface area contributed by atoms with Crippen molar-refractivity contribution in [3.8, 4) is 11.5 Å². The van der Waals surface area contributed by atoms with Gasteiger partial charge >= 0.3 is 0 Å². The van der Waals surface area contributed by atoms with Crippen LogP contribution >= 0.6 is 11.8 Å². The molecule has 2 heterocycles. The third-order valence-corrected chi connectivity index (χ3v) is 6.83. The fraction of sp³-hybridized carbons (Fsp3) is 0.292. The predicted molar refractivity (Wildman–Crippen MR) is 113 cm³/mol. The van der Waals surface area contributed by atoms with Crippen LogP contribution < -0.4 is 9.47 Å². The molecule has 0 aromatic heterocycles. The SMILES string of the molecule is CC(=O)C12CCCC=C1OC(CSc1ccccc1)=C2c1ccc2c(c1)OCO2. The summed E-state index contributed by atoms with van der Waals surface area (Å²) in [7, 11) is 0. The summed E-state index contributed by atoms with van der Waals surface area (Å²) in [5.74, 6) is 3.92. The summed E-state index contributed by atoms with van der Waals surface area (Å²) in [6, 6.07) is 16.2. The van der Waals surface area contributed by atoms with Crippen LogP contribution in [-0.4, -0.2) is 18.3 Å². The molecule has 0 N–H and O–H groups in total. The largest absolute Gasteiger partial charge is 0.464 e. The molecule has 2 aromatic rings. The second-order valence-corrected chi connectivity index (χ2v) is 8.54. The van der Waals surface area contributed by atoms with Crippen LogP contribution in [0.25, 0.3) is 5.57 Å². The third-order valence-electron chi connectivity index (χ3n) is 5.82. The van der Waals surface area contributed by atoms with E-state index in [1.165, 1.54) is 4.90 Å². The van der Waals surface area contributed by atoms with Crippen molar-refractivity contribution in [2.45, 2.75) is 31.1 Å². The lowest BCUT2D eigenvalue weighted by Crippen LogP contribution is -2.32. The zero-order chi connectivity index (χ0) is 19.8. The van der Waals surface area contributed by atoms with Gasteiger partial charge in [0.25, 0.3) is 0 Å². The highest BCUT2D eigenvalue weighted by Gasteiger charge is 2.52. The quantitative estimate of drug-likeness (QED) is 0.606. The molecule has 1 aliphatic carbocycles. The molecule has 0 amide bonds. The molecule has 0 bridgehead atoms. The zero-order valence-corrected chi connectivity index (χ0v) is 17.1. The Hall–Kier alpha value is -2.66. The van der Waals surface area contributed by atoms with Gasteiger partial charge in [-0.1, -0.05) is 24.3 Å². The Labute approximate surface area is 174 Å². The summed E-state index contributed by atoms with van der Waals surface area (Å²) >= 11 is 1.72. The molecular weight excluding hydrogens is 384 g/mol. The first-order valence-corrected chi connectivity index (χ1v) is 10.9. The summed E-state index contributed by atoms with van der Waals surface area (Å²) < 4.78 is 17.4. The van der Waals surface area contributed by atoms with Crippen LogP contribution in [0.4, 0.5) is 0 Å². The molecule has 3 aliphatic rings. The summed E-state index contributed by atoms with van der Waals surface area (Å²) in [5.41, 5.74) is 1.26. The van der Waals surface area contributed by atoms with E-state index in [-0.39, 0.29) is 12.6 Å². The van der Waals surface area contributed by atoms with Crippen molar-refractivity contribution < 1.29 is 19.0 Å². The minimum Gasteiger partial charge on any atom is -0.464 e. The molecule has 29 heavy (non-hydrogen) atoms. The third kappa shape index (κ3) is 3.04. The lowest BCUT2D eigenvalue weighted by atomic mass is 9.68. The summed E-state index contributed by atoms with van der Waals surface area (Å²) in [5, 5.41) is 0. The Morgan fingerprint density at radius 2 is 1.93 bits per heavy atom. The number of Topliss-reactive ketones (excluding diaryl/α,β-unsaturated/α-hetero) is 1. The van der Waals surface area contributed by atoms with Gasteiger partial charge in [0.1, 0.15) is 22.7 Å². The molecule has 1 atom stereocenters. The minimum absolute atomic E-state index is 0.135. The normalized spacial score (nSPS) is 22.2. The Kier molecular flexibility index (Phi) is 4.63. The van der Waals surface area contributed by atoms with Crippen LogP contribution in [0, 0.1) is 5.41 Å². The van der Waals surface area contributed by atoms with Gasteiger partial charge in [-0.25, -0.2) is 0 Å². The van der Waals surface area contributed by atoms with Gasteiger partial charge in [0, 0.05) is 10.5 Å². The smallest absolute Gasteiger partial charge is 0.231 e. The molecular formula is C24H22O4S. The Morgan fingerprint density at radius 1 is 1.10 bits per heavy atom. The second-order valence-electron chi connectivity index (χ2n) is 7.49. The topological polar surface area (TPSA) is 44.8 Å². The average molecular weight is 407 g/mol. The number of ether oxygens (including phenoxy) is 3. The fourth-order valence-electron chi connectivity index (χ4n) is 4.45. The van der Waals surface area contributed by atoms with E-state index in [2.05, 4.69) is 18.2 Å².